The molecule has 1 unspecified atom stereocenters. The molecule has 2 aromatic rings. The highest BCUT2D eigenvalue weighted by molar-refractivity contribution is 6.31. The van der Waals surface area contributed by atoms with Crippen LogP contribution in [0.4, 0.5) is 0 Å². The van der Waals surface area contributed by atoms with Gasteiger partial charge in [-0.15, -0.1) is 0 Å². The van der Waals surface area contributed by atoms with Gasteiger partial charge >= 0.3 is 0 Å². The molecule has 0 N–H and O–H groups in total. The normalized spacial score (nSPS) is 17.8. The summed E-state index contributed by atoms with van der Waals surface area (Å²) < 4.78 is 0. The van der Waals surface area contributed by atoms with E-state index in [1.165, 1.54) is 11.1 Å². The van der Waals surface area contributed by atoms with Gasteiger partial charge in [0.05, 0.1) is 0 Å². The van der Waals surface area contributed by atoms with E-state index < -0.39 is 0 Å². The number of Topliss-reactive ketones (excluding diaryl/α,β-unsaturated/α-hetero) is 1. The fourth-order valence-electron chi connectivity index (χ4n) is 2.80. The molecule has 0 saturated heterocycles. The standard InChI is InChI=1S/C17H15ClO/c18-16-7-3-6-14(11-16)17(19)15-9-8-12-4-1-2-5-13(12)10-15/h1-7,11,15H,8-10H2. The van der Waals surface area contributed by atoms with Crippen LogP contribution in [-0.4, -0.2) is 5.78 Å². The Morgan fingerprint density at radius 3 is 2.63 bits per heavy atom. The van der Waals surface area contributed by atoms with Crippen LogP contribution in [0, 0.1) is 5.92 Å². The molecule has 96 valence electrons. The third kappa shape index (κ3) is 2.57. The molecule has 0 radical (unpaired) electrons. The number of halogens is 1. The van der Waals surface area contributed by atoms with Crippen LogP contribution in [0.5, 0.6) is 0 Å². The maximum absolute atomic E-state index is 12.5. The fraction of sp³-hybridized carbons (Fsp3) is 0.235. The highest BCUT2D eigenvalue weighted by Gasteiger charge is 2.25. The Kier molecular flexibility index (Phi) is 3.39. The lowest BCUT2D eigenvalue weighted by Crippen LogP contribution is -2.22. The molecule has 19 heavy (non-hydrogen) atoms. The third-order valence-electron chi connectivity index (χ3n) is 3.83. The number of hydrogen-bond acceptors (Lipinski definition) is 1. The minimum atomic E-state index is 0.0911. The Labute approximate surface area is 118 Å². The minimum absolute atomic E-state index is 0.0911. The number of rotatable bonds is 2. The zero-order valence-corrected chi connectivity index (χ0v) is 11.4. The quantitative estimate of drug-likeness (QED) is 0.743. The molecular weight excluding hydrogens is 256 g/mol. The molecule has 0 heterocycles. The number of carbonyl (C=O) groups is 1. The van der Waals surface area contributed by atoms with Crippen molar-refractivity contribution in [1.29, 1.82) is 0 Å². The minimum Gasteiger partial charge on any atom is -0.294 e. The summed E-state index contributed by atoms with van der Waals surface area (Å²) in [7, 11) is 0. The van der Waals surface area contributed by atoms with Crippen LogP contribution in [-0.2, 0) is 12.8 Å². The van der Waals surface area contributed by atoms with Crippen molar-refractivity contribution >= 4 is 17.4 Å². The van der Waals surface area contributed by atoms with E-state index in [4.69, 9.17) is 11.6 Å². The van der Waals surface area contributed by atoms with Crippen LogP contribution in [0.1, 0.15) is 27.9 Å². The first kappa shape index (κ1) is 12.4. The highest BCUT2D eigenvalue weighted by atomic mass is 35.5. The van der Waals surface area contributed by atoms with Crippen molar-refractivity contribution in [2.24, 2.45) is 5.92 Å². The van der Waals surface area contributed by atoms with E-state index in [0.717, 1.165) is 24.8 Å². The summed E-state index contributed by atoms with van der Waals surface area (Å²) in [5.41, 5.74) is 3.43. The van der Waals surface area contributed by atoms with Gasteiger partial charge < -0.3 is 0 Å². The Bertz CT molecular complexity index is 618. The summed E-state index contributed by atoms with van der Waals surface area (Å²) in [6.07, 6.45) is 2.77. The number of carbonyl (C=O) groups excluding carboxylic acids is 1. The van der Waals surface area contributed by atoms with Crippen LogP contribution < -0.4 is 0 Å². The third-order valence-corrected chi connectivity index (χ3v) is 4.06. The average Bonchev–Trinajstić information content (AvgIpc) is 2.46. The first-order valence-corrected chi connectivity index (χ1v) is 6.98. The van der Waals surface area contributed by atoms with Gasteiger partial charge in [-0.25, -0.2) is 0 Å². The summed E-state index contributed by atoms with van der Waals surface area (Å²) >= 11 is 5.96. The lowest BCUT2D eigenvalue weighted by Gasteiger charge is -2.23. The van der Waals surface area contributed by atoms with Gasteiger partial charge in [-0.3, -0.25) is 4.79 Å². The van der Waals surface area contributed by atoms with Crippen molar-refractivity contribution in [2.75, 3.05) is 0 Å². The van der Waals surface area contributed by atoms with Crippen molar-refractivity contribution in [1.82, 2.24) is 0 Å². The Morgan fingerprint density at radius 1 is 1.05 bits per heavy atom. The molecule has 1 atom stereocenters. The molecule has 0 amide bonds. The average molecular weight is 271 g/mol. The molecule has 3 rings (SSSR count). The molecule has 1 nitrogen and oxygen atoms in total. The van der Waals surface area contributed by atoms with Crippen LogP contribution in [0.15, 0.2) is 48.5 Å². The number of hydrogen-bond donors (Lipinski definition) is 0. The molecule has 2 aromatic carbocycles. The topological polar surface area (TPSA) is 17.1 Å². The van der Waals surface area contributed by atoms with Crippen LogP contribution in [0.2, 0.25) is 5.02 Å². The van der Waals surface area contributed by atoms with Crippen molar-refractivity contribution in [3.8, 4) is 0 Å². The Hall–Kier alpha value is -1.60. The van der Waals surface area contributed by atoms with Crippen LogP contribution in [0.3, 0.4) is 0 Å². The van der Waals surface area contributed by atoms with E-state index in [2.05, 4.69) is 18.2 Å². The zero-order chi connectivity index (χ0) is 13.2. The molecule has 1 aliphatic rings. The molecule has 0 bridgehead atoms. The van der Waals surface area contributed by atoms with Gasteiger partial charge in [0.1, 0.15) is 0 Å². The van der Waals surface area contributed by atoms with Crippen molar-refractivity contribution < 1.29 is 4.79 Å². The molecule has 0 aromatic heterocycles. The van der Waals surface area contributed by atoms with Gasteiger partial charge in [-0.2, -0.15) is 0 Å². The maximum Gasteiger partial charge on any atom is 0.166 e. The number of benzene rings is 2. The number of ketones is 1. The van der Waals surface area contributed by atoms with Gasteiger partial charge in [0.2, 0.25) is 0 Å². The Morgan fingerprint density at radius 2 is 1.84 bits per heavy atom. The maximum atomic E-state index is 12.5. The predicted octanol–water partition coefficient (Wildman–Crippen LogP) is 4.33. The molecular formula is C17H15ClO. The fourth-order valence-corrected chi connectivity index (χ4v) is 2.99. The van der Waals surface area contributed by atoms with Crippen LogP contribution >= 0.6 is 11.6 Å². The van der Waals surface area contributed by atoms with Crippen molar-refractivity contribution in [3.63, 3.8) is 0 Å². The van der Waals surface area contributed by atoms with E-state index in [0.29, 0.717) is 5.02 Å². The second kappa shape index (κ2) is 5.18. The number of fused-ring (bicyclic) bond motifs is 1. The second-order valence-corrected chi connectivity index (χ2v) is 5.52. The summed E-state index contributed by atoms with van der Waals surface area (Å²) in [4.78, 5) is 12.5. The Balaban J connectivity index is 1.83. The smallest absolute Gasteiger partial charge is 0.166 e. The van der Waals surface area contributed by atoms with Gasteiger partial charge in [0.15, 0.2) is 5.78 Å². The molecule has 0 spiro atoms. The van der Waals surface area contributed by atoms with E-state index in [-0.39, 0.29) is 11.7 Å². The van der Waals surface area contributed by atoms with Crippen molar-refractivity contribution in [3.05, 3.63) is 70.2 Å². The monoisotopic (exact) mass is 270 g/mol. The van der Waals surface area contributed by atoms with Gasteiger partial charge in [-0.1, -0.05) is 48.0 Å². The summed E-state index contributed by atoms with van der Waals surface area (Å²) in [6, 6.07) is 15.7. The van der Waals surface area contributed by atoms with E-state index in [1.807, 2.05) is 18.2 Å². The highest BCUT2D eigenvalue weighted by Crippen LogP contribution is 2.28. The summed E-state index contributed by atoms with van der Waals surface area (Å²) in [6.45, 7) is 0. The molecule has 0 aliphatic heterocycles. The molecule has 0 saturated carbocycles. The van der Waals surface area contributed by atoms with Crippen LogP contribution in [0.25, 0.3) is 0 Å². The predicted molar refractivity (Wildman–Crippen MR) is 77.7 cm³/mol. The van der Waals surface area contributed by atoms with Gasteiger partial charge in [0.25, 0.3) is 0 Å². The number of aryl methyl sites for hydroxylation is 1. The first-order valence-electron chi connectivity index (χ1n) is 6.60. The van der Waals surface area contributed by atoms with E-state index >= 15 is 0 Å². The van der Waals surface area contributed by atoms with E-state index in [9.17, 15) is 4.79 Å². The second-order valence-electron chi connectivity index (χ2n) is 5.08. The molecule has 1 aliphatic carbocycles. The van der Waals surface area contributed by atoms with E-state index in [1.54, 1.807) is 12.1 Å². The first-order chi connectivity index (χ1) is 9.24. The lowest BCUT2D eigenvalue weighted by molar-refractivity contribution is 0.0909. The lowest BCUT2D eigenvalue weighted by atomic mass is 9.80. The van der Waals surface area contributed by atoms with Gasteiger partial charge in [0, 0.05) is 16.5 Å². The van der Waals surface area contributed by atoms with Gasteiger partial charge in [-0.05, 0) is 42.5 Å². The van der Waals surface area contributed by atoms with Crippen molar-refractivity contribution in [2.45, 2.75) is 19.3 Å². The summed E-state index contributed by atoms with van der Waals surface area (Å²) in [5, 5.41) is 0.627. The molecule has 0 fully saturated rings. The summed E-state index contributed by atoms with van der Waals surface area (Å²) in [5.74, 6) is 0.311. The largest absolute Gasteiger partial charge is 0.294 e. The molecule has 2 heteroatoms. The zero-order valence-electron chi connectivity index (χ0n) is 10.6. The SMILES string of the molecule is O=C(c1cccc(Cl)c1)C1CCc2ccccc2C1.